The highest BCUT2D eigenvalue weighted by Crippen LogP contribution is 2.24. The van der Waals surface area contributed by atoms with Crippen LogP contribution in [0, 0.1) is 0 Å². The molecule has 150 valence electrons. The summed E-state index contributed by atoms with van der Waals surface area (Å²) in [5.74, 6) is -1.20. The van der Waals surface area contributed by atoms with Gasteiger partial charge in [-0.2, -0.15) is 0 Å². The smallest absolute Gasteiger partial charge is 0.406 e. The molecule has 0 saturated carbocycles. The summed E-state index contributed by atoms with van der Waals surface area (Å²) in [6.07, 6.45) is -4.78. The summed E-state index contributed by atoms with van der Waals surface area (Å²) >= 11 is 0. The molecule has 0 aliphatic heterocycles. The lowest BCUT2D eigenvalue weighted by atomic mass is 10.2. The summed E-state index contributed by atoms with van der Waals surface area (Å²) in [5, 5.41) is 2.52. The first-order valence-corrected chi connectivity index (χ1v) is 8.23. The number of amides is 2. The zero-order valence-corrected chi connectivity index (χ0v) is 15.6. The molecular formula is C19H20F3N3O3. The van der Waals surface area contributed by atoms with E-state index in [9.17, 15) is 22.8 Å². The van der Waals surface area contributed by atoms with Crippen molar-refractivity contribution in [3.05, 3.63) is 54.1 Å². The van der Waals surface area contributed by atoms with E-state index in [4.69, 9.17) is 0 Å². The molecule has 0 spiro atoms. The molecule has 1 N–H and O–H groups in total. The molecule has 0 atom stereocenters. The lowest BCUT2D eigenvalue weighted by Gasteiger charge is -2.18. The second-order valence-electron chi connectivity index (χ2n) is 6.22. The minimum Gasteiger partial charge on any atom is -0.406 e. The van der Waals surface area contributed by atoms with Crippen molar-refractivity contribution in [2.24, 2.45) is 0 Å². The number of rotatable bonds is 6. The number of likely N-dealkylation sites (N-methyl/N-ethyl adjacent to an activating group) is 1. The van der Waals surface area contributed by atoms with Gasteiger partial charge < -0.3 is 19.9 Å². The van der Waals surface area contributed by atoms with Crippen molar-refractivity contribution in [3.8, 4) is 5.75 Å². The first kappa shape index (κ1) is 21.1. The van der Waals surface area contributed by atoms with E-state index in [1.54, 1.807) is 24.3 Å². The fourth-order valence-electron chi connectivity index (χ4n) is 2.35. The van der Waals surface area contributed by atoms with Gasteiger partial charge in [0.25, 0.3) is 5.91 Å². The molecule has 0 fully saturated rings. The number of carbonyl (C=O) groups excluding carboxylic acids is 2. The molecule has 2 rings (SSSR count). The van der Waals surface area contributed by atoms with Gasteiger partial charge in [-0.25, -0.2) is 0 Å². The third-order valence-electron chi connectivity index (χ3n) is 3.73. The van der Waals surface area contributed by atoms with E-state index in [0.717, 1.165) is 17.8 Å². The normalized spacial score (nSPS) is 10.9. The van der Waals surface area contributed by atoms with Crippen LogP contribution in [0.2, 0.25) is 0 Å². The van der Waals surface area contributed by atoms with Gasteiger partial charge in [0.15, 0.2) is 0 Å². The third-order valence-corrected chi connectivity index (χ3v) is 3.73. The number of ether oxygens (including phenoxy) is 1. The van der Waals surface area contributed by atoms with Crippen LogP contribution < -0.4 is 15.0 Å². The van der Waals surface area contributed by atoms with Crippen LogP contribution in [0.3, 0.4) is 0 Å². The quantitative estimate of drug-likeness (QED) is 0.815. The minimum absolute atomic E-state index is 0.213. The molecule has 0 unspecified atom stereocenters. The van der Waals surface area contributed by atoms with E-state index in [0.29, 0.717) is 5.56 Å². The molecule has 28 heavy (non-hydrogen) atoms. The van der Waals surface area contributed by atoms with Gasteiger partial charge in [-0.1, -0.05) is 0 Å². The molecule has 0 saturated heterocycles. The van der Waals surface area contributed by atoms with E-state index in [1.807, 2.05) is 19.0 Å². The number of hydrogen-bond donors (Lipinski definition) is 1. The molecule has 0 heterocycles. The van der Waals surface area contributed by atoms with E-state index in [2.05, 4.69) is 10.1 Å². The topological polar surface area (TPSA) is 61.9 Å². The largest absolute Gasteiger partial charge is 0.573 e. The Morgan fingerprint density at radius 2 is 1.54 bits per heavy atom. The SMILES string of the molecule is CN(CC(=O)Nc1ccc(OC(F)(F)F)cc1)C(=O)c1ccc(N(C)C)cc1. The van der Waals surface area contributed by atoms with Gasteiger partial charge in [0.1, 0.15) is 5.75 Å². The Labute approximate surface area is 160 Å². The molecule has 2 aromatic rings. The number of hydrogen-bond acceptors (Lipinski definition) is 4. The zero-order chi connectivity index (χ0) is 20.9. The van der Waals surface area contributed by atoms with Crippen LogP contribution in [-0.4, -0.2) is 50.8 Å². The first-order chi connectivity index (χ1) is 13.0. The predicted octanol–water partition coefficient (Wildman–Crippen LogP) is 3.36. The standard InChI is InChI=1S/C19H20F3N3O3/c1-24(2)15-8-4-13(5-9-15)18(27)25(3)12-17(26)23-14-6-10-16(11-7-14)28-19(20,21)22/h4-11H,12H2,1-3H3,(H,23,26). The van der Waals surface area contributed by atoms with Crippen LogP contribution in [0.25, 0.3) is 0 Å². The molecule has 2 aromatic carbocycles. The Bertz CT molecular complexity index is 819. The molecular weight excluding hydrogens is 375 g/mol. The van der Waals surface area contributed by atoms with Gasteiger partial charge in [-0.05, 0) is 48.5 Å². The van der Waals surface area contributed by atoms with Crippen molar-refractivity contribution in [1.29, 1.82) is 0 Å². The number of nitrogens with one attached hydrogen (secondary N) is 1. The van der Waals surface area contributed by atoms with Gasteiger partial charge >= 0.3 is 6.36 Å². The number of alkyl halides is 3. The van der Waals surface area contributed by atoms with Crippen LogP contribution in [0.15, 0.2) is 48.5 Å². The van der Waals surface area contributed by atoms with Crippen LogP contribution >= 0.6 is 0 Å². The average molecular weight is 395 g/mol. The van der Waals surface area contributed by atoms with Crippen molar-refractivity contribution >= 4 is 23.2 Å². The first-order valence-electron chi connectivity index (χ1n) is 8.23. The van der Waals surface area contributed by atoms with Crippen molar-refractivity contribution in [1.82, 2.24) is 4.90 Å². The van der Waals surface area contributed by atoms with Gasteiger partial charge in [0, 0.05) is 38.1 Å². The summed E-state index contributed by atoms with van der Waals surface area (Å²) in [5.41, 5.74) is 1.67. The Morgan fingerprint density at radius 3 is 2.04 bits per heavy atom. The highest BCUT2D eigenvalue weighted by Gasteiger charge is 2.31. The second-order valence-corrected chi connectivity index (χ2v) is 6.22. The number of nitrogens with zero attached hydrogens (tertiary/aromatic N) is 2. The highest BCUT2D eigenvalue weighted by molar-refractivity contribution is 5.99. The van der Waals surface area contributed by atoms with Crippen molar-refractivity contribution in [2.45, 2.75) is 6.36 Å². The second kappa shape index (κ2) is 8.64. The van der Waals surface area contributed by atoms with Crippen LogP contribution in [0.1, 0.15) is 10.4 Å². The van der Waals surface area contributed by atoms with Gasteiger partial charge in [0.2, 0.25) is 5.91 Å². The van der Waals surface area contributed by atoms with Gasteiger partial charge in [-0.15, -0.1) is 13.2 Å². The summed E-state index contributed by atoms with van der Waals surface area (Å²) in [7, 11) is 5.26. The van der Waals surface area contributed by atoms with Gasteiger partial charge in [0.05, 0.1) is 6.54 Å². The van der Waals surface area contributed by atoms with Crippen molar-refractivity contribution < 1.29 is 27.5 Å². The maximum atomic E-state index is 12.4. The Balaban J connectivity index is 1.92. The van der Waals surface area contributed by atoms with E-state index >= 15 is 0 Å². The zero-order valence-electron chi connectivity index (χ0n) is 15.6. The van der Waals surface area contributed by atoms with Crippen LogP contribution in [0.4, 0.5) is 24.5 Å². The number of anilines is 2. The fourth-order valence-corrected chi connectivity index (χ4v) is 2.35. The van der Waals surface area contributed by atoms with Crippen molar-refractivity contribution in [3.63, 3.8) is 0 Å². The van der Waals surface area contributed by atoms with Crippen LogP contribution in [-0.2, 0) is 4.79 Å². The van der Waals surface area contributed by atoms with E-state index in [-0.39, 0.29) is 23.9 Å². The Morgan fingerprint density at radius 1 is 0.964 bits per heavy atom. The van der Waals surface area contributed by atoms with Gasteiger partial charge in [-0.3, -0.25) is 9.59 Å². The molecule has 0 aliphatic carbocycles. The molecule has 2 amide bonds. The number of carbonyl (C=O) groups is 2. The molecule has 0 aromatic heterocycles. The summed E-state index contributed by atoms with van der Waals surface area (Å²) < 4.78 is 40.2. The maximum absolute atomic E-state index is 12.4. The molecule has 9 heteroatoms. The van der Waals surface area contributed by atoms with Crippen LogP contribution in [0.5, 0.6) is 5.75 Å². The number of halogens is 3. The van der Waals surface area contributed by atoms with Crippen molar-refractivity contribution in [2.75, 3.05) is 37.9 Å². The maximum Gasteiger partial charge on any atom is 0.573 e. The lowest BCUT2D eigenvalue weighted by Crippen LogP contribution is -2.34. The lowest BCUT2D eigenvalue weighted by molar-refractivity contribution is -0.274. The molecule has 6 nitrogen and oxygen atoms in total. The fraction of sp³-hybridized carbons (Fsp3) is 0.263. The third kappa shape index (κ3) is 6.19. The average Bonchev–Trinajstić information content (AvgIpc) is 2.61. The minimum atomic E-state index is -4.78. The van der Waals surface area contributed by atoms with E-state index < -0.39 is 12.3 Å². The monoisotopic (exact) mass is 395 g/mol. The molecule has 0 bridgehead atoms. The summed E-state index contributed by atoms with van der Waals surface area (Å²) in [6, 6.07) is 11.7. The highest BCUT2D eigenvalue weighted by atomic mass is 19.4. The Kier molecular flexibility index (Phi) is 6.50. The predicted molar refractivity (Wildman–Crippen MR) is 99.5 cm³/mol. The summed E-state index contributed by atoms with van der Waals surface area (Å²) in [4.78, 5) is 27.6. The molecule has 0 aliphatic rings. The van der Waals surface area contributed by atoms with E-state index in [1.165, 1.54) is 24.1 Å². The molecule has 0 radical (unpaired) electrons. The summed E-state index contributed by atoms with van der Waals surface area (Å²) in [6.45, 7) is -0.213. The Hall–Kier alpha value is -3.23. The number of benzene rings is 2.